The zero-order valence-corrected chi connectivity index (χ0v) is 9.15. The number of thiophene rings is 1. The highest BCUT2D eigenvalue weighted by Crippen LogP contribution is 2.09. The van der Waals surface area contributed by atoms with Gasteiger partial charge in [0.05, 0.1) is 0 Å². The summed E-state index contributed by atoms with van der Waals surface area (Å²) in [5, 5.41) is 2.14. The van der Waals surface area contributed by atoms with Gasteiger partial charge in [-0.3, -0.25) is 0 Å². The normalized spacial score (nSPS) is 11.2. The van der Waals surface area contributed by atoms with Crippen LogP contribution >= 0.6 is 11.3 Å². The van der Waals surface area contributed by atoms with Crippen molar-refractivity contribution in [2.45, 2.75) is 39.0 Å². The maximum absolute atomic E-state index is 2.31. The molecule has 1 aromatic heterocycles. The van der Waals surface area contributed by atoms with Gasteiger partial charge in [0.1, 0.15) is 0 Å². The van der Waals surface area contributed by atoms with Crippen LogP contribution in [0.5, 0.6) is 0 Å². The van der Waals surface area contributed by atoms with E-state index in [2.05, 4.69) is 36.6 Å². The number of hydrogen-bond acceptors (Lipinski definition) is 1. The van der Waals surface area contributed by atoms with Gasteiger partial charge < -0.3 is 0 Å². The minimum absolute atomic E-state index is 1.11. The predicted molar refractivity (Wildman–Crippen MR) is 61.3 cm³/mol. The van der Waals surface area contributed by atoms with Gasteiger partial charge in [0.25, 0.3) is 0 Å². The van der Waals surface area contributed by atoms with Gasteiger partial charge in [-0.15, -0.1) is 11.3 Å². The molecule has 0 bridgehead atoms. The van der Waals surface area contributed by atoms with Crippen LogP contribution in [0.1, 0.15) is 37.5 Å². The van der Waals surface area contributed by atoms with E-state index < -0.39 is 0 Å². The molecule has 0 aromatic carbocycles. The Labute approximate surface area is 85.3 Å². The van der Waals surface area contributed by atoms with Crippen molar-refractivity contribution in [2.24, 2.45) is 0 Å². The van der Waals surface area contributed by atoms with Crippen LogP contribution in [0.3, 0.4) is 0 Å². The maximum Gasteiger partial charge on any atom is 0.00828 e. The summed E-state index contributed by atoms with van der Waals surface area (Å²) in [6, 6.07) is 4.31. The molecule has 0 unspecified atom stereocenters. The van der Waals surface area contributed by atoms with Gasteiger partial charge in [0.15, 0.2) is 0 Å². The van der Waals surface area contributed by atoms with E-state index in [0.29, 0.717) is 0 Å². The fraction of sp³-hybridized carbons (Fsp3) is 0.500. The number of unbranched alkanes of at least 4 members (excludes halogenated alkanes) is 3. The highest BCUT2D eigenvalue weighted by Gasteiger charge is 1.87. The summed E-state index contributed by atoms with van der Waals surface area (Å²) >= 11 is 1.84. The van der Waals surface area contributed by atoms with Crippen LogP contribution in [0.4, 0.5) is 0 Å². The fourth-order valence-electron chi connectivity index (χ4n) is 1.26. The van der Waals surface area contributed by atoms with E-state index in [1.165, 1.54) is 30.6 Å². The molecule has 1 heteroatoms. The summed E-state index contributed by atoms with van der Waals surface area (Å²) in [7, 11) is 0. The maximum atomic E-state index is 2.31. The minimum Gasteiger partial charge on any atom is -0.149 e. The van der Waals surface area contributed by atoms with Crippen molar-refractivity contribution in [1.29, 1.82) is 0 Å². The number of allylic oxidation sites excluding steroid dienone is 2. The summed E-state index contributed by atoms with van der Waals surface area (Å²) < 4.78 is 0. The standard InChI is InChI=1S/C12H18S/c1-2-3-4-5-6-7-9-12-10-8-11-13-12/h6-8,10-11H,2-5,9H2,1H3. The molecule has 0 saturated carbocycles. The smallest absolute Gasteiger partial charge is 0.00828 e. The third-order valence-electron chi connectivity index (χ3n) is 2.04. The van der Waals surface area contributed by atoms with Crippen LogP contribution in [0.2, 0.25) is 0 Å². The van der Waals surface area contributed by atoms with E-state index in [1.54, 1.807) is 0 Å². The molecule has 0 fully saturated rings. The first kappa shape index (κ1) is 10.5. The summed E-state index contributed by atoms with van der Waals surface area (Å²) in [4.78, 5) is 1.46. The van der Waals surface area contributed by atoms with Crippen LogP contribution in [-0.2, 0) is 6.42 Å². The van der Waals surface area contributed by atoms with Crippen LogP contribution in [0, 0.1) is 0 Å². The predicted octanol–water partition coefficient (Wildman–Crippen LogP) is 4.43. The monoisotopic (exact) mass is 194 g/mol. The Balaban J connectivity index is 2.05. The van der Waals surface area contributed by atoms with Crippen molar-refractivity contribution < 1.29 is 0 Å². The molecule has 0 aliphatic rings. The molecule has 0 radical (unpaired) electrons. The lowest BCUT2D eigenvalue weighted by molar-refractivity contribution is 0.728. The lowest BCUT2D eigenvalue weighted by atomic mass is 10.2. The average Bonchev–Trinajstić information content (AvgIpc) is 2.63. The first-order chi connectivity index (χ1) is 6.43. The summed E-state index contributed by atoms with van der Waals surface area (Å²) in [5.41, 5.74) is 0. The van der Waals surface area contributed by atoms with Gasteiger partial charge in [0, 0.05) is 4.88 Å². The third kappa shape index (κ3) is 4.89. The van der Waals surface area contributed by atoms with Crippen LogP contribution in [0.25, 0.3) is 0 Å². The van der Waals surface area contributed by atoms with Crippen molar-refractivity contribution in [3.05, 3.63) is 34.5 Å². The Hall–Kier alpha value is -0.560. The zero-order chi connectivity index (χ0) is 9.36. The largest absolute Gasteiger partial charge is 0.149 e. The van der Waals surface area contributed by atoms with Crippen LogP contribution < -0.4 is 0 Å². The molecule has 1 heterocycles. The van der Waals surface area contributed by atoms with Gasteiger partial charge in [0.2, 0.25) is 0 Å². The molecular formula is C12H18S. The Morgan fingerprint density at radius 3 is 2.92 bits per heavy atom. The van der Waals surface area contributed by atoms with Crippen molar-refractivity contribution in [2.75, 3.05) is 0 Å². The second-order valence-electron chi connectivity index (χ2n) is 3.25. The Morgan fingerprint density at radius 2 is 2.23 bits per heavy atom. The quantitative estimate of drug-likeness (QED) is 0.464. The first-order valence-corrected chi connectivity index (χ1v) is 5.99. The van der Waals surface area contributed by atoms with Crippen molar-refractivity contribution >= 4 is 11.3 Å². The van der Waals surface area contributed by atoms with E-state index in [4.69, 9.17) is 0 Å². The summed E-state index contributed by atoms with van der Waals surface area (Å²) in [6.07, 6.45) is 11.0. The summed E-state index contributed by atoms with van der Waals surface area (Å²) in [5.74, 6) is 0. The van der Waals surface area contributed by atoms with Crippen molar-refractivity contribution in [3.8, 4) is 0 Å². The Bertz CT molecular complexity index is 221. The fourth-order valence-corrected chi connectivity index (χ4v) is 1.94. The molecule has 72 valence electrons. The van der Waals surface area contributed by atoms with E-state index in [9.17, 15) is 0 Å². The molecule has 0 amide bonds. The first-order valence-electron chi connectivity index (χ1n) is 5.11. The molecule has 0 aliphatic heterocycles. The van der Waals surface area contributed by atoms with E-state index in [-0.39, 0.29) is 0 Å². The number of hydrogen-bond donors (Lipinski definition) is 0. The molecule has 0 aliphatic carbocycles. The molecule has 1 rings (SSSR count). The molecule has 0 nitrogen and oxygen atoms in total. The van der Waals surface area contributed by atoms with Gasteiger partial charge in [-0.25, -0.2) is 0 Å². The molecule has 1 aromatic rings. The van der Waals surface area contributed by atoms with Gasteiger partial charge in [-0.05, 0) is 30.7 Å². The lowest BCUT2D eigenvalue weighted by Gasteiger charge is -1.91. The lowest BCUT2D eigenvalue weighted by Crippen LogP contribution is -1.73. The minimum atomic E-state index is 1.11. The van der Waals surface area contributed by atoms with E-state index in [0.717, 1.165) is 6.42 Å². The highest BCUT2D eigenvalue weighted by molar-refractivity contribution is 7.09. The SMILES string of the molecule is CCCCCC=CCc1cccs1. The Kier molecular flexibility index (Phi) is 5.59. The number of rotatable bonds is 6. The highest BCUT2D eigenvalue weighted by atomic mass is 32.1. The average molecular weight is 194 g/mol. The topological polar surface area (TPSA) is 0 Å². The third-order valence-corrected chi connectivity index (χ3v) is 2.94. The molecule has 0 spiro atoms. The van der Waals surface area contributed by atoms with E-state index in [1.807, 2.05) is 11.3 Å². The molecule has 0 atom stereocenters. The molecule has 13 heavy (non-hydrogen) atoms. The van der Waals surface area contributed by atoms with Crippen LogP contribution in [-0.4, -0.2) is 0 Å². The second-order valence-corrected chi connectivity index (χ2v) is 4.28. The van der Waals surface area contributed by atoms with Gasteiger partial charge >= 0.3 is 0 Å². The molecular weight excluding hydrogens is 176 g/mol. The molecule has 0 N–H and O–H groups in total. The second kappa shape index (κ2) is 6.90. The van der Waals surface area contributed by atoms with Crippen LogP contribution in [0.15, 0.2) is 29.7 Å². The van der Waals surface area contributed by atoms with Crippen molar-refractivity contribution in [3.63, 3.8) is 0 Å². The van der Waals surface area contributed by atoms with E-state index >= 15 is 0 Å². The summed E-state index contributed by atoms with van der Waals surface area (Å²) in [6.45, 7) is 2.25. The van der Waals surface area contributed by atoms with Crippen molar-refractivity contribution in [1.82, 2.24) is 0 Å². The Morgan fingerprint density at radius 1 is 1.31 bits per heavy atom. The molecule has 0 saturated heterocycles. The zero-order valence-electron chi connectivity index (χ0n) is 8.33. The van der Waals surface area contributed by atoms with Gasteiger partial charge in [-0.1, -0.05) is 38.0 Å². The van der Waals surface area contributed by atoms with Gasteiger partial charge in [-0.2, -0.15) is 0 Å².